The monoisotopic (exact) mass is 416 g/mol. The second-order valence-electron chi connectivity index (χ2n) is 8.08. The second-order valence-corrected chi connectivity index (χ2v) is 8.08. The van der Waals surface area contributed by atoms with E-state index in [9.17, 15) is 9.59 Å². The largest absolute Gasteiger partial charge is 0.339 e. The summed E-state index contributed by atoms with van der Waals surface area (Å²) in [4.78, 5) is 33.8. The zero-order valence-corrected chi connectivity index (χ0v) is 18.3. The van der Waals surface area contributed by atoms with Crippen molar-refractivity contribution in [1.82, 2.24) is 19.4 Å². The Morgan fingerprint density at radius 1 is 0.903 bits per heavy atom. The molecule has 2 amide bonds. The van der Waals surface area contributed by atoms with Gasteiger partial charge in [-0.2, -0.15) is 0 Å². The number of hydrogen-bond acceptors (Lipinski definition) is 3. The van der Waals surface area contributed by atoms with E-state index < -0.39 is 0 Å². The fourth-order valence-electron chi connectivity index (χ4n) is 4.26. The van der Waals surface area contributed by atoms with Crippen LogP contribution in [0.2, 0.25) is 0 Å². The molecule has 3 heterocycles. The van der Waals surface area contributed by atoms with Gasteiger partial charge in [0.1, 0.15) is 0 Å². The van der Waals surface area contributed by atoms with Gasteiger partial charge in [-0.25, -0.2) is 0 Å². The Bertz CT molecular complexity index is 1100. The first-order valence-electron chi connectivity index (χ1n) is 10.7. The lowest BCUT2D eigenvalue weighted by atomic mass is 10.1. The predicted molar refractivity (Wildman–Crippen MR) is 120 cm³/mol. The van der Waals surface area contributed by atoms with Crippen LogP contribution in [0.5, 0.6) is 0 Å². The van der Waals surface area contributed by atoms with E-state index in [0.717, 1.165) is 28.3 Å². The first-order valence-corrected chi connectivity index (χ1v) is 10.7. The molecule has 6 nitrogen and oxygen atoms in total. The van der Waals surface area contributed by atoms with Crippen LogP contribution in [0.1, 0.15) is 33.0 Å². The van der Waals surface area contributed by atoms with Crippen LogP contribution in [0.15, 0.2) is 54.7 Å². The lowest BCUT2D eigenvalue weighted by Crippen LogP contribution is -2.51. The number of rotatable bonds is 4. The molecule has 1 fully saturated rings. The number of nitrogens with zero attached hydrogens (tertiary/aromatic N) is 4. The van der Waals surface area contributed by atoms with E-state index in [-0.39, 0.29) is 11.8 Å². The summed E-state index contributed by atoms with van der Waals surface area (Å²) in [5.41, 5.74) is 5.76. The van der Waals surface area contributed by atoms with E-state index in [1.165, 1.54) is 5.56 Å². The third-order valence-electron chi connectivity index (χ3n) is 6.00. The van der Waals surface area contributed by atoms with Crippen LogP contribution in [-0.4, -0.2) is 57.3 Å². The zero-order chi connectivity index (χ0) is 22.0. The van der Waals surface area contributed by atoms with Crippen LogP contribution in [0, 0.1) is 20.8 Å². The lowest BCUT2D eigenvalue weighted by molar-refractivity contribution is -0.132. The van der Waals surface area contributed by atoms with Crippen molar-refractivity contribution in [2.24, 2.45) is 0 Å². The number of carbonyl (C=O) groups is 2. The van der Waals surface area contributed by atoms with Gasteiger partial charge in [0.15, 0.2) is 0 Å². The van der Waals surface area contributed by atoms with Crippen molar-refractivity contribution in [2.75, 3.05) is 26.2 Å². The summed E-state index contributed by atoms with van der Waals surface area (Å²) >= 11 is 0. The molecule has 2 aromatic heterocycles. The smallest absolute Gasteiger partial charge is 0.255 e. The van der Waals surface area contributed by atoms with E-state index >= 15 is 0 Å². The van der Waals surface area contributed by atoms with Crippen molar-refractivity contribution in [3.63, 3.8) is 0 Å². The molecule has 0 N–H and O–H groups in total. The molecule has 0 radical (unpaired) electrons. The van der Waals surface area contributed by atoms with E-state index in [0.29, 0.717) is 32.6 Å². The number of aryl methyl sites for hydroxylation is 2. The highest BCUT2D eigenvalue weighted by Gasteiger charge is 2.27. The van der Waals surface area contributed by atoms with Crippen molar-refractivity contribution < 1.29 is 9.59 Å². The van der Waals surface area contributed by atoms with Crippen LogP contribution < -0.4 is 0 Å². The Morgan fingerprint density at radius 3 is 2.26 bits per heavy atom. The van der Waals surface area contributed by atoms with Gasteiger partial charge < -0.3 is 14.4 Å². The summed E-state index contributed by atoms with van der Waals surface area (Å²) < 4.78 is 2.15. The van der Waals surface area contributed by atoms with Crippen LogP contribution in [0.3, 0.4) is 0 Å². The van der Waals surface area contributed by atoms with Gasteiger partial charge >= 0.3 is 0 Å². The van der Waals surface area contributed by atoms with E-state index in [4.69, 9.17) is 0 Å². The molecular weight excluding hydrogens is 388 g/mol. The van der Waals surface area contributed by atoms with E-state index in [1.807, 2.05) is 60.0 Å². The normalized spacial score (nSPS) is 14.0. The molecule has 0 aliphatic carbocycles. The number of benzene rings is 1. The molecule has 1 aliphatic rings. The summed E-state index contributed by atoms with van der Waals surface area (Å²) in [7, 11) is 0. The fourth-order valence-corrected chi connectivity index (χ4v) is 4.26. The van der Waals surface area contributed by atoms with Gasteiger partial charge in [-0.15, -0.1) is 0 Å². The summed E-state index contributed by atoms with van der Waals surface area (Å²) in [6, 6.07) is 15.8. The van der Waals surface area contributed by atoms with Crippen molar-refractivity contribution in [1.29, 1.82) is 0 Å². The summed E-state index contributed by atoms with van der Waals surface area (Å²) in [6.07, 6.45) is 2.00. The van der Waals surface area contributed by atoms with E-state index in [2.05, 4.69) is 28.6 Å². The third kappa shape index (κ3) is 4.24. The number of hydrogen-bond donors (Lipinski definition) is 0. The molecule has 0 saturated carbocycles. The number of amides is 2. The van der Waals surface area contributed by atoms with Gasteiger partial charge in [0.2, 0.25) is 5.91 Å². The number of para-hydroxylation sites is 1. The van der Waals surface area contributed by atoms with Gasteiger partial charge in [0, 0.05) is 55.1 Å². The van der Waals surface area contributed by atoms with Crippen LogP contribution in [0.4, 0.5) is 0 Å². The highest BCUT2D eigenvalue weighted by molar-refractivity contribution is 5.96. The van der Waals surface area contributed by atoms with Crippen molar-refractivity contribution in [3.8, 4) is 5.69 Å². The number of aromatic nitrogens is 2. The maximum absolute atomic E-state index is 13.3. The molecule has 0 unspecified atom stereocenters. The maximum atomic E-state index is 13.3. The molecule has 1 aromatic carbocycles. The lowest BCUT2D eigenvalue weighted by Gasteiger charge is -2.34. The standard InChI is InChI=1S/C25H28N4O2/c1-18-8-4-5-10-23(18)29-19(2)16-22(20(29)3)25(31)28-14-12-27(13-15-28)24(30)17-21-9-6-7-11-26-21/h4-11,16H,12-15,17H2,1-3H3. The number of carbonyl (C=O) groups excluding carboxylic acids is 2. The molecule has 4 rings (SSSR count). The molecule has 0 atom stereocenters. The van der Waals surface area contributed by atoms with Crippen molar-refractivity contribution in [3.05, 3.63) is 82.9 Å². The molecule has 1 saturated heterocycles. The van der Waals surface area contributed by atoms with Crippen LogP contribution >= 0.6 is 0 Å². The summed E-state index contributed by atoms with van der Waals surface area (Å²) in [5, 5.41) is 0. The van der Waals surface area contributed by atoms with Crippen molar-refractivity contribution >= 4 is 11.8 Å². The molecule has 31 heavy (non-hydrogen) atoms. The van der Waals surface area contributed by atoms with Crippen LogP contribution in [0.25, 0.3) is 5.69 Å². The highest BCUT2D eigenvalue weighted by atomic mass is 16.2. The Balaban J connectivity index is 1.44. The quantitative estimate of drug-likeness (QED) is 0.656. The summed E-state index contributed by atoms with van der Waals surface area (Å²) in [6.45, 7) is 8.30. The van der Waals surface area contributed by atoms with Gasteiger partial charge in [0.05, 0.1) is 12.0 Å². The summed E-state index contributed by atoms with van der Waals surface area (Å²) in [5.74, 6) is 0.0910. The minimum absolute atomic E-state index is 0.0322. The molecular formula is C25H28N4O2. The molecule has 0 spiro atoms. The first-order chi connectivity index (χ1) is 15.0. The third-order valence-corrected chi connectivity index (χ3v) is 6.00. The minimum Gasteiger partial charge on any atom is -0.339 e. The zero-order valence-electron chi connectivity index (χ0n) is 18.3. The maximum Gasteiger partial charge on any atom is 0.255 e. The Hall–Kier alpha value is -3.41. The Morgan fingerprint density at radius 2 is 1.58 bits per heavy atom. The van der Waals surface area contributed by atoms with Gasteiger partial charge in [0.25, 0.3) is 5.91 Å². The number of pyridine rings is 1. The minimum atomic E-state index is 0.0322. The van der Waals surface area contributed by atoms with Gasteiger partial charge in [-0.1, -0.05) is 24.3 Å². The first kappa shape index (κ1) is 20.8. The SMILES string of the molecule is Cc1ccccc1-n1c(C)cc(C(=O)N2CCN(C(=O)Cc3ccccn3)CC2)c1C. The molecule has 0 bridgehead atoms. The second kappa shape index (κ2) is 8.76. The van der Waals surface area contributed by atoms with Gasteiger partial charge in [-0.05, 0) is 50.6 Å². The van der Waals surface area contributed by atoms with Crippen molar-refractivity contribution in [2.45, 2.75) is 27.2 Å². The average Bonchev–Trinajstić information content (AvgIpc) is 3.08. The fraction of sp³-hybridized carbons (Fsp3) is 0.320. The number of piperazine rings is 1. The Labute approximate surface area is 183 Å². The molecule has 160 valence electrons. The molecule has 1 aliphatic heterocycles. The topological polar surface area (TPSA) is 58.4 Å². The predicted octanol–water partition coefficient (Wildman–Crippen LogP) is 3.32. The molecule has 3 aromatic rings. The van der Waals surface area contributed by atoms with Crippen LogP contribution in [-0.2, 0) is 11.2 Å². The Kier molecular flexibility index (Phi) is 5.89. The average molecular weight is 417 g/mol. The van der Waals surface area contributed by atoms with Gasteiger partial charge in [-0.3, -0.25) is 14.6 Å². The highest BCUT2D eigenvalue weighted by Crippen LogP contribution is 2.24. The van der Waals surface area contributed by atoms with E-state index in [1.54, 1.807) is 6.20 Å². The molecule has 6 heteroatoms.